The fraction of sp³-hybridized carbons (Fsp3) is 0.571. The van der Waals surface area contributed by atoms with Gasteiger partial charge in [-0.25, -0.2) is 4.79 Å². The number of alkyl halides is 3. The number of hydrogen-bond donors (Lipinski definition) is 1. The molecule has 0 spiro atoms. The third-order valence-corrected chi connectivity index (χ3v) is 1.13. The molecule has 0 bridgehead atoms. The van der Waals surface area contributed by atoms with Crippen LogP contribution in [0.4, 0.5) is 13.2 Å². The predicted molar refractivity (Wildman–Crippen MR) is 47.6 cm³/mol. The van der Waals surface area contributed by atoms with Crippen molar-refractivity contribution in [3.63, 3.8) is 0 Å². The molecule has 7 heteroatoms. The smallest absolute Gasteiger partial charge is 0.401 e. The molecule has 0 aromatic carbocycles. The fourth-order valence-electron chi connectivity index (χ4n) is 0.704. The fourth-order valence-corrected chi connectivity index (χ4v) is 0.704. The van der Waals surface area contributed by atoms with Crippen molar-refractivity contribution in [1.29, 1.82) is 0 Å². The first kappa shape index (κ1) is 15.7. The molecule has 0 heterocycles. The summed E-state index contributed by atoms with van der Waals surface area (Å²) in [7, 11) is 1.26. The molecule has 0 fully saturated rings. The Morgan fingerprint density at radius 3 is 2.36 bits per heavy atom. The highest BCUT2D eigenvalue weighted by Gasteiger charge is 2.28. The average Bonchev–Trinajstić information content (AvgIpc) is 1.81. The summed E-state index contributed by atoms with van der Waals surface area (Å²) in [5.41, 5.74) is 0. The second kappa shape index (κ2) is 6.67. The Morgan fingerprint density at radius 2 is 2.00 bits per heavy atom. The molecule has 0 aromatic heterocycles. The monoisotopic (exact) mass is 233 g/mol. The molecule has 0 aliphatic rings. The molecule has 14 heavy (non-hydrogen) atoms. The van der Waals surface area contributed by atoms with E-state index in [0.717, 1.165) is 17.1 Å². The van der Waals surface area contributed by atoms with Gasteiger partial charge in [-0.3, -0.25) is 4.90 Å². The number of carboxylic acids is 1. The summed E-state index contributed by atoms with van der Waals surface area (Å²) in [4.78, 5) is 10.9. The van der Waals surface area contributed by atoms with Gasteiger partial charge in [0.05, 0.1) is 6.54 Å². The van der Waals surface area contributed by atoms with E-state index in [1.54, 1.807) is 0 Å². The molecule has 0 radical (unpaired) electrons. The number of carbonyl (C=O) groups is 1. The van der Waals surface area contributed by atoms with Gasteiger partial charge in [0.2, 0.25) is 0 Å². The first-order valence-electron chi connectivity index (χ1n) is 3.46. The molecule has 0 rings (SSSR count). The Morgan fingerprint density at radius 1 is 1.50 bits per heavy atom. The van der Waals surface area contributed by atoms with Gasteiger partial charge in [0.15, 0.2) is 0 Å². The van der Waals surface area contributed by atoms with Crippen molar-refractivity contribution in [1.82, 2.24) is 4.90 Å². The SMILES string of the molecule is CN(C/C=C/C(=O)O)CC(F)(F)F.Cl. The van der Waals surface area contributed by atoms with Crippen molar-refractivity contribution in [2.75, 3.05) is 20.1 Å². The molecule has 0 amide bonds. The first-order valence-corrected chi connectivity index (χ1v) is 3.46. The van der Waals surface area contributed by atoms with E-state index >= 15 is 0 Å². The lowest BCUT2D eigenvalue weighted by Gasteiger charge is -2.15. The Balaban J connectivity index is 0. The van der Waals surface area contributed by atoms with Crippen LogP contribution in [0.15, 0.2) is 12.2 Å². The Hall–Kier alpha value is -0.750. The Kier molecular flexibility index (Phi) is 7.48. The van der Waals surface area contributed by atoms with Crippen molar-refractivity contribution in [2.45, 2.75) is 6.18 Å². The van der Waals surface area contributed by atoms with E-state index in [-0.39, 0.29) is 19.0 Å². The molecular weight excluding hydrogens is 223 g/mol. The van der Waals surface area contributed by atoms with Crippen LogP contribution in [-0.4, -0.2) is 42.3 Å². The topological polar surface area (TPSA) is 40.5 Å². The summed E-state index contributed by atoms with van der Waals surface area (Å²) in [5, 5.41) is 8.13. The number of halogens is 4. The Labute approximate surface area is 85.6 Å². The summed E-state index contributed by atoms with van der Waals surface area (Å²) >= 11 is 0. The van der Waals surface area contributed by atoms with E-state index < -0.39 is 18.7 Å². The summed E-state index contributed by atoms with van der Waals surface area (Å²) < 4.78 is 35.1. The van der Waals surface area contributed by atoms with Gasteiger partial charge in [-0.1, -0.05) is 6.08 Å². The molecule has 3 nitrogen and oxygen atoms in total. The molecule has 0 unspecified atom stereocenters. The van der Waals surface area contributed by atoms with Crippen LogP contribution in [0.25, 0.3) is 0 Å². The van der Waals surface area contributed by atoms with Crippen molar-refractivity contribution in [3.8, 4) is 0 Å². The number of aliphatic carboxylic acids is 1. The van der Waals surface area contributed by atoms with Crippen molar-refractivity contribution >= 4 is 18.4 Å². The second-order valence-corrected chi connectivity index (χ2v) is 2.55. The zero-order valence-electron chi connectivity index (χ0n) is 7.41. The maximum Gasteiger partial charge on any atom is 0.401 e. The highest BCUT2D eigenvalue weighted by atomic mass is 35.5. The minimum Gasteiger partial charge on any atom is -0.478 e. The van der Waals surface area contributed by atoms with E-state index in [1.165, 1.54) is 7.05 Å². The summed E-state index contributed by atoms with van der Waals surface area (Å²) in [6.45, 7) is -1.08. The summed E-state index contributed by atoms with van der Waals surface area (Å²) in [6.07, 6.45) is -2.27. The number of nitrogens with zero attached hydrogens (tertiary/aromatic N) is 1. The van der Waals surface area contributed by atoms with Gasteiger partial charge in [0.25, 0.3) is 0 Å². The molecule has 0 aromatic rings. The standard InChI is InChI=1S/C7H10F3NO2.ClH/c1-11(5-7(8,9)10)4-2-3-6(12)13;/h2-3H,4-5H2,1H3,(H,12,13);1H/b3-2+;. The molecule has 0 atom stereocenters. The maximum absolute atomic E-state index is 11.7. The molecule has 0 saturated carbocycles. The Bertz CT molecular complexity index is 206. The summed E-state index contributed by atoms with van der Waals surface area (Å²) in [5.74, 6) is -1.17. The van der Waals surface area contributed by atoms with Crippen LogP contribution in [0, 0.1) is 0 Å². The minimum absolute atomic E-state index is 0. The molecule has 0 saturated heterocycles. The van der Waals surface area contributed by atoms with Crippen molar-refractivity contribution < 1.29 is 23.1 Å². The summed E-state index contributed by atoms with van der Waals surface area (Å²) in [6, 6.07) is 0. The third kappa shape index (κ3) is 11.2. The van der Waals surface area contributed by atoms with Crippen LogP contribution >= 0.6 is 12.4 Å². The van der Waals surface area contributed by atoms with Crippen molar-refractivity contribution in [3.05, 3.63) is 12.2 Å². The molecule has 1 N–H and O–H groups in total. The number of hydrogen-bond acceptors (Lipinski definition) is 2. The van der Waals surface area contributed by atoms with Crippen LogP contribution < -0.4 is 0 Å². The second-order valence-electron chi connectivity index (χ2n) is 2.55. The molecule has 0 aliphatic heterocycles. The normalized spacial score (nSPS) is 11.8. The largest absolute Gasteiger partial charge is 0.478 e. The van der Waals surface area contributed by atoms with Crippen LogP contribution in [-0.2, 0) is 4.79 Å². The zero-order valence-corrected chi connectivity index (χ0v) is 8.23. The van der Waals surface area contributed by atoms with Gasteiger partial charge in [0.1, 0.15) is 0 Å². The van der Waals surface area contributed by atoms with Gasteiger partial charge >= 0.3 is 12.1 Å². The van der Waals surface area contributed by atoms with Gasteiger partial charge in [-0.2, -0.15) is 13.2 Å². The zero-order chi connectivity index (χ0) is 10.5. The van der Waals surface area contributed by atoms with Crippen molar-refractivity contribution in [2.24, 2.45) is 0 Å². The van der Waals surface area contributed by atoms with E-state index in [4.69, 9.17) is 5.11 Å². The van der Waals surface area contributed by atoms with Gasteiger partial charge in [-0.15, -0.1) is 12.4 Å². The van der Waals surface area contributed by atoms with E-state index in [2.05, 4.69) is 0 Å². The van der Waals surface area contributed by atoms with E-state index in [9.17, 15) is 18.0 Å². The first-order chi connectivity index (χ1) is 5.81. The highest BCUT2D eigenvalue weighted by Crippen LogP contribution is 2.15. The lowest BCUT2D eigenvalue weighted by atomic mass is 10.4. The van der Waals surface area contributed by atoms with Crippen LogP contribution in [0.5, 0.6) is 0 Å². The van der Waals surface area contributed by atoms with Gasteiger partial charge in [0, 0.05) is 12.6 Å². The molecule has 0 aliphatic carbocycles. The maximum atomic E-state index is 11.7. The predicted octanol–water partition coefficient (Wildman–Crippen LogP) is 1.54. The van der Waals surface area contributed by atoms with Gasteiger partial charge < -0.3 is 5.11 Å². The van der Waals surface area contributed by atoms with E-state index in [0.29, 0.717) is 0 Å². The lowest BCUT2D eigenvalue weighted by molar-refractivity contribution is -0.141. The quantitative estimate of drug-likeness (QED) is 0.749. The number of rotatable bonds is 4. The van der Waals surface area contributed by atoms with E-state index in [1.807, 2.05) is 0 Å². The van der Waals surface area contributed by atoms with Crippen LogP contribution in [0.1, 0.15) is 0 Å². The number of likely N-dealkylation sites (N-methyl/N-ethyl adjacent to an activating group) is 1. The third-order valence-electron chi connectivity index (χ3n) is 1.13. The minimum atomic E-state index is -4.24. The van der Waals surface area contributed by atoms with Gasteiger partial charge in [-0.05, 0) is 7.05 Å². The average molecular weight is 234 g/mol. The number of carboxylic acid groups (broad SMARTS) is 1. The molecular formula is C7H11ClF3NO2. The molecule has 84 valence electrons. The van der Waals surface area contributed by atoms with Crippen LogP contribution in [0.2, 0.25) is 0 Å². The van der Waals surface area contributed by atoms with Crippen LogP contribution in [0.3, 0.4) is 0 Å². The lowest BCUT2D eigenvalue weighted by Crippen LogP contribution is -2.31. The highest BCUT2D eigenvalue weighted by molar-refractivity contribution is 5.85.